The van der Waals surface area contributed by atoms with Gasteiger partial charge >= 0.3 is 6.09 Å². The van der Waals surface area contributed by atoms with E-state index >= 15 is 0 Å². The van der Waals surface area contributed by atoms with E-state index in [9.17, 15) is 4.79 Å². The Kier molecular flexibility index (Phi) is 5.66. The molecule has 6 nitrogen and oxygen atoms in total. The van der Waals surface area contributed by atoms with Crippen LogP contribution in [0.4, 0.5) is 16.2 Å². The molecule has 2 aromatic rings. The summed E-state index contributed by atoms with van der Waals surface area (Å²) in [6, 6.07) is 13.0. The van der Waals surface area contributed by atoms with Crippen LogP contribution in [0.15, 0.2) is 45.3 Å². The van der Waals surface area contributed by atoms with E-state index in [0.29, 0.717) is 6.04 Å². The SMILES string of the molecule is CC(C)(C)OC(=O)N1C[C@H]2C[C@@H]1CN2CCN1c2ccc(Br)cc2Oc2cc(Br)ccc21. The van der Waals surface area contributed by atoms with Crippen LogP contribution in [0.25, 0.3) is 0 Å². The van der Waals surface area contributed by atoms with Crippen LogP contribution in [0.5, 0.6) is 11.5 Å². The highest BCUT2D eigenvalue weighted by Crippen LogP contribution is 2.48. The second kappa shape index (κ2) is 8.22. The first-order valence-electron chi connectivity index (χ1n) is 11.0. The smallest absolute Gasteiger partial charge is 0.410 e. The predicted octanol–water partition coefficient (Wildman–Crippen LogP) is 6.15. The number of hydrogen-bond acceptors (Lipinski definition) is 5. The lowest BCUT2D eigenvalue weighted by molar-refractivity contribution is 0.0132. The van der Waals surface area contributed by atoms with Gasteiger partial charge in [0.2, 0.25) is 0 Å². The molecule has 3 heterocycles. The maximum Gasteiger partial charge on any atom is 0.410 e. The number of piperazine rings is 1. The molecule has 0 radical (unpaired) electrons. The molecule has 3 aliphatic heterocycles. The Hall–Kier alpha value is -1.77. The number of ether oxygens (including phenoxy) is 2. The van der Waals surface area contributed by atoms with Crippen LogP contribution in [-0.4, -0.2) is 59.8 Å². The Morgan fingerprint density at radius 3 is 2.16 bits per heavy atom. The van der Waals surface area contributed by atoms with Crippen molar-refractivity contribution in [3.8, 4) is 11.5 Å². The Morgan fingerprint density at radius 2 is 1.62 bits per heavy atom. The molecule has 1 amide bonds. The highest BCUT2D eigenvalue weighted by Gasteiger charge is 2.46. The van der Waals surface area contributed by atoms with Crippen molar-refractivity contribution in [1.29, 1.82) is 0 Å². The fraction of sp³-hybridized carbons (Fsp3) is 0.458. The Labute approximate surface area is 205 Å². The molecule has 2 bridgehead atoms. The summed E-state index contributed by atoms with van der Waals surface area (Å²) in [5.41, 5.74) is 1.69. The van der Waals surface area contributed by atoms with Gasteiger partial charge in [-0.2, -0.15) is 0 Å². The van der Waals surface area contributed by atoms with Gasteiger partial charge in [0, 0.05) is 47.2 Å². The van der Waals surface area contributed by atoms with Crippen LogP contribution in [0, 0.1) is 0 Å². The standard InChI is InChI=1S/C24H27Br2N3O3/c1-24(2,3)32-23(30)29-14-17-12-18(29)13-27(17)8-9-28-19-6-4-15(25)10-21(19)31-22-11-16(26)5-7-20(22)28/h4-7,10-11,17-18H,8-9,12-14H2,1-3H3/t17-,18-/m1/s1. The van der Waals surface area contributed by atoms with E-state index in [2.05, 4.69) is 65.9 Å². The summed E-state index contributed by atoms with van der Waals surface area (Å²) in [5, 5.41) is 0. The van der Waals surface area contributed by atoms with Crippen molar-refractivity contribution in [3.63, 3.8) is 0 Å². The number of hydrogen-bond donors (Lipinski definition) is 0. The molecule has 2 saturated heterocycles. The minimum atomic E-state index is -0.459. The molecule has 0 saturated carbocycles. The predicted molar refractivity (Wildman–Crippen MR) is 132 cm³/mol. The topological polar surface area (TPSA) is 45.2 Å². The molecular formula is C24H27Br2N3O3. The normalized spacial score (nSPS) is 21.9. The zero-order valence-electron chi connectivity index (χ0n) is 18.5. The highest BCUT2D eigenvalue weighted by atomic mass is 79.9. The molecule has 0 N–H and O–H groups in total. The molecule has 0 spiro atoms. The molecule has 3 aliphatic rings. The van der Waals surface area contributed by atoms with Gasteiger partial charge in [0.05, 0.1) is 11.4 Å². The van der Waals surface area contributed by atoms with Gasteiger partial charge in [-0.25, -0.2) is 4.79 Å². The summed E-state index contributed by atoms with van der Waals surface area (Å²) in [4.78, 5) is 19.3. The first-order valence-corrected chi connectivity index (χ1v) is 12.5. The number of carbonyl (C=O) groups excluding carboxylic acids is 1. The Bertz CT molecular complexity index is 1000. The lowest BCUT2D eigenvalue weighted by Gasteiger charge is -2.37. The average molecular weight is 565 g/mol. The third-order valence-electron chi connectivity index (χ3n) is 6.24. The summed E-state index contributed by atoms with van der Waals surface area (Å²) in [6.45, 7) is 9.17. The number of carbonyl (C=O) groups is 1. The molecule has 2 aromatic carbocycles. The third kappa shape index (κ3) is 4.24. The number of anilines is 2. The van der Waals surface area contributed by atoms with Gasteiger partial charge in [-0.15, -0.1) is 0 Å². The van der Waals surface area contributed by atoms with Crippen molar-refractivity contribution < 1.29 is 14.3 Å². The maximum atomic E-state index is 12.5. The number of nitrogens with zero attached hydrogens (tertiary/aromatic N) is 3. The van der Waals surface area contributed by atoms with Crippen LogP contribution < -0.4 is 9.64 Å². The third-order valence-corrected chi connectivity index (χ3v) is 7.22. The molecule has 0 aromatic heterocycles. The van der Waals surface area contributed by atoms with E-state index in [1.54, 1.807) is 0 Å². The molecule has 5 rings (SSSR count). The Balaban J connectivity index is 1.29. The van der Waals surface area contributed by atoms with Gasteiger partial charge in [0.25, 0.3) is 0 Å². The quantitative estimate of drug-likeness (QED) is 0.447. The van der Waals surface area contributed by atoms with Gasteiger partial charge < -0.3 is 19.3 Å². The molecule has 170 valence electrons. The van der Waals surface area contributed by atoms with E-state index in [1.165, 1.54) is 0 Å². The zero-order chi connectivity index (χ0) is 22.6. The molecule has 32 heavy (non-hydrogen) atoms. The summed E-state index contributed by atoms with van der Waals surface area (Å²) < 4.78 is 13.8. The van der Waals surface area contributed by atoms with Crippen molar-refractivity contribution in [2.75, 3.05) is 31.1 Å². The molecular weight excluding hydrogens is 538 g/mol. The van der Waals surface area contributed by atoms with E-state index in [4.69, 9.17) is 9.47 Å². The molecule has 0 aliphatic carbocycles. The summed E-state index contributed by atoms with van der Waals surface area (Å²) in [6.07, 6.45) is 0.840. The number of halogens is 2. The lowest BCUT2D eigenvalue weighted by atomic mass is 10.1. The molecule has 2 fully saturated rings. The number of fused-ring (bicyclic) bond motifs is 4. The number of likely N-dealkylation sites (tertiary alicyclic amines) is 2. The molecule has 0 unspecified atom stereocenters. The van der Waals surface area contributed by atoms with Gasteiger partial charge in [0.15, 0.2) is 11.5 Å². The van der Waals surface area contributed by atoms with Crippen LogP contribution in [-0.2, 0) is 4.74 Å². The molecule has 8 heteroatoms. The minimum Gasteiger partial charge on any atom is -0.453 e. The van der Waals surface area contributed by atoms with E-state index in [0.717, 1.165) is 64.4 Å². The van der Waals surface area contributed by atoms with Crippen molar-refractivity contribution in [1.82, 2.24) is 9.80 Å². The zero-order valence-corrected chi connectivity index (χ0v) is 21.6. The van der Waals surface area contributed by atoms with Crippen molar-refractivity contribution in [3.05, 3.63) is 45.3 Å². The second-order valence-electron chi connectivity index (χ2n) is 9.65. The van der Waals surface area contributed by atoms with E-state index in [-0.39, 0.29) is 12.1 Å². The summed E-state index contributed by atoms with van der Waals surface area (Å²) >= 11 is 7.11. The van der Waals surface area contributed by atoms with Gasteiger partial charge in [-0.1, -0.05) is 31.9 Å². The lowest BCUT2D eigenvalue weighted by Crippen LogP contribution is -2.51. The molecule has 2 atom stereocenters. The summed E-state index contributed by atoms with van der Waals surface area (Å²) in [7, 11) is 0. The largest absolute Gasteiger partial charge is 0.453 e. The summed E-state index contributed by atoms with van der Waals surface area (Å²) in [5.74, 6) is 1.70. The number of amides is 1. The number of benzene rings is 2. The van der Waals surface area contributed by atoms with Crippen LogP contribution in [0.3, 0.4) is 0 Å². The van der Waals surface area contributed by atoms with Gasteiger partial charge in [-0.05, 0) is 63.6 Å². The first-order chi connectivity index (χ1) is 15.2. The number of rotatable bonds is 3. The minimum absolute atomic E-state index is 0.183. The fourth-order valence-electron chi connectivity index (χ4n) is 4.87. The van der Waals surface area contributed by atoms with E-state index < -0.39 is 5.60 Å². The van der Waals surface area contributed by atoms with Gasteiger partial charge in [0.1, 0.15) is 5.60 Å². The average Bonchev–Trinajstić information content (AvgIpc) is 3.30. The second-order valence-corrected chi connectivity index (χ2v) is 11.5. The first kappa shape index (κ1) is 22.0. The van der Waals surface area contributed by atoms with Crippen molar-refractivity contribution in [2.45, 2.75) is 44.9 Å². The van der Waals surface area contributed by atoms with Gasteiger partial charge in [-0.3, -0.25) is 4.90 Å². The monoisotopic (exact) mass is 563 g/mol. The van der Waals surface area contributed by atoms with Crippen LogP contribution in [0.1, 0.15) is 27.2 Å². The van der Waals surface area contributed by atoms with Crippen molar-refractivity contribution >= 4 is 49.3 Å². The van der Waals surface area contributed by atoms with Crippen LogP contribution >= 0.6 is 31.9 Å². The van der Waals surface area contributed by atoms with Crippen LogP contribution in [0.2, 0.25) is 0 Å². The van der Waals surface area contributed by atoms with Crippen molar-refractivity contribution in [2.24, 2.45) is 0 Å². The highest BCUT2D eigenvalue weighted by molar-refractivity contribution is 9.10. The fourth-order valence-corrected chi connectivity index (χ4v) is 5.55. The van der Waals surface area contributed by atoms with E-state index in [1.807, 2.05) is 37.8 Å². The maximum absolute atomic E-state index is 12.5. The Morgan fingerprint density at radius 1 is 1.00 bits per heavy atom.